The van der Waals surface area contributed by atoms with Gasteiger partial charge in [-0.1, -0.05) is 26.2 Å². The van der Waals surface area contributed by atoms with E-state index in [9.17, 15) is 0 Å². The molecular formula is C11H24ClN. The van der Waals surface area contributed by atoms with Crippen LogP contribution in [-0.2, 0) is 0 Å². The molecule has 0 heterocycles. The van der Waals surface area contributed by atoms with Gasteiger partial charge in [0.25, 0.3) is 0 Å². The number of nitrogens with zero attached hydrogens (tertiary/aromatic N) is 1. The number of hydrogen-bond donors (Lipinski definition) is 0. The van der Waals surface area contributed by atoms with Crippen molar-refractivity contribution in [2.45, 2.75) is 39.0 Å². The molecule has 0 aromatic carbocycles. The molecular weight excluding hydrogens is 182 g/mol. The van der Waals surface area contributed by atoms with Gasteiger partial charge < -0.3 is 16.9 Å². The van der Waals surface area contributed by atoms with Gasteiger partial charge in [0.05, 0.1) is 27.3 Å². The fourth-order valence-electron chi connectivity index (χ4n) is 1.08. The Morgan fingerprint density at radius 1 is 1.00 bits per heavy atom. The maximum absolute atomic E-state index is 2.30. The Bertz CT molecular complexity index is 125. The molecule has 0 radical (unpaired) electrons. The summed E-state index contributed by atoms with van der Waals surface area (Å²) >= 11 is 0. The maximum atomic E-state index is 2.30. The van der Waals surface area contributed by atoms with Crippen molar-refractivity contribution in [1.29, 1.82) is 0 Å². The maximum Gasteiger partial charge on any atom is 0.0911 e. The van der Waals surface area contributed by atoms with Crippen molar-refractivity contribution < 1.29 is 16.9 Å². The Morgan fingerprint density at radius 3 is 2.08 bits per heavy atom. The summed E-state index contributed by atoms with van der Waals surface area (Å²) in [5, 5.41) is 0. The number of unbranched alkanes of at least 4 members (excludes halogenated alkanes) is 4. The molecule has 0 atom stereocenters. The zero-order valence-corrected chi connectivity index (χ0v) is 10.3. The van der Waals surface area contributed by atoms with Crippen LogP contribution in [0, 0.1) is 0 Å². The Balaban J connectivity index is 0. The average Bonchev–Trinajstić information content (AvgIpc) is 1.94. The highest BCUT2D eigenvalue weighted by molar-refractivity contribution is 4.72. The zero-order valence-electron chi connectivity index (χ0n) is 9.52. The lowest BCUT2D eigenvalue weighted by Crippen LogP contribution is -3.00. The molecule has 0 aliphatic carbocycles. The summed E-state index contributed by atoms with van der Waals surface area (Å²) in [7, 11) is 6.55. The lowest BCUT2D eigenvalue weighted by Gasteiger charge is -2.17. The number of hydrogen-bond acceptors (Lipinski definition) is 0. The van der Waals surface area contributed by atoms with E-state index in [1.165, 1.54) is 32.1 Å². The molecule has 0 aromatic heterocycles. The van der Waals surface area contributed by atoms with Crippen LogP contribution in [0.4, 0.5) is 0 Å². The summed E-state index contributed by atoms with van der Waals surface area (Å²) in [6.45, 7) is 2.25. The fourth-order valence-corrected chi connectivity index (χ4v) is 1.08. The third-order valence-electron chi connectivity index (χ3n) is 1.78. The molecule has 0 bridgehead atoms. The molecule has 0 fully saturated rings. The van der Waals surface area contributed by atoms with Gasteiger partial charge in [-0.15, -0.1) is 0 Å². The second kappa shape index (κ2) is 8.58. The van der Waals surface area contributed by atoms with E-state index in [0.717, 1.165) is 4.48 Å². The SMILES string of the molecule is CCCCCCC=C[N+](C)(C)C.[Cl-]. The fraction of sp³-hybridized carbons (Fsp3) is 0.818. The number of quaternary nitrogens is 1. The molecule has 80 valence electrons. The Kier molecular flexibility index (Phi) is 10.2. The third kappa shape index (κ3) is 14.8. The van der Waals surface area contributed by atoms with Crippen LogP contribution in [0.2, 0.25) is 0 Å². The van der Waals surface area contributed by atoms with Crippen molar-refractivity contribution in [2.75, 3.05) is 21.1 Å². The predicted molar refractivity (Wildman–Crippen MR) is 55.9 cm³/mol. The highest BCUT2D eigenvalue weighted by Gasteiger charge is 1.97. The van der Waals surface area contributed by atoms with Gasteiger partial charge in [0.15, 0.2) is 0 Å². The van der Waals surface area contributed by atoms with Gasteiger partial charge in [-0.05, 0) is 18.9 Å². The Hall–Kier alpha value is -0.0100. The van der Waals surface area contributed by atoms with E-state index in [4.69, 9.17) is 0 Å². The van der Waals surface area contributed by atoms with Gasteiger partial charge in [0, 0.05) is 0 Å². The van der Waals surface area contributed by atoms with Crippen LogP contribution >= 0.6 is 0 Å². The molecule has 0 spiro atoms. The van der Waals surface area contributed by atoms with E-state index in [1.807, 2.05) is 0 Å². The van der Waals surface area contributed by atoms with Crippen molar-refractivity contribution in [2.24, 2.45) is 0 Å². The minimum Gasteiger partial charge on any atom is -1.00 e. The van der Waals surface area contributed by atoms with Crippen LogP contribution in [0.3, 0.4) is 0 Å². The third-order valence-corrected chi connectivity index (χ3v) is 1.78. The molecule has 0 aliphatic heterocycles. The number of halogens is 1. The standard InChI is InChI=1S/C11H24N.ClH/c1-5-6-7-8-9-10-11-12(2,3)4;/h10-11H,5-9H2,1-4H3;1H/q+1;/p-1. The van der Waals surface area contributed by atoms with E-state index in [2.05, 4.69) is 40.3 Å². The predicted octanol–water partition coefficient (Wildman–Crippen LogP) is 0.181. The largest absolute Gasteiger partial charge is 1.00 e. The van der Waals surface area contributed by atoms with Crippen molar-refractivity contribution in [1.82, 2.24) is 0 Å². The number of allylic oxidation sites excluding steroid dienone is 1. The van der Waals surface area contributed by atoms with E-state index in [0.29, 0.717) is 0 Å². The first-order valence-electron chi connectivity index (χ1n) is 5.05. The lowest BCUT2D eigenvalue weighted by molar-refractivity contribution is -0.817. The van der Waals surface area contributed by atoms with Gasteiger partial charge in [0.2, 0.25) is 0 Å². The van der Waals surface area contributed by atoms with Crippen molar-refractivity contribution >= 4 is 0 Å². The quantitative estimate of drug-likeness (QED) is 0.429. The van der Waals surface area contributed by atoms with Gasteiger partial charge in [-0.3, -0.25) is 0 Å². The summed E-state index contributed by atoms with van der Waals surface area (Å²) in [6, 6.07) is 0. The van der Waals surface area contributed by atoms with Crippen molar-refractivity contribution in [3.05, 3.63) is 12.3 Å². The van der Waals surface area contributed by atoms with Crippen molar-refractivity contribution in [3.8, 4) is 0 Å². The van der Waals surface area contributed by atoms with E-state index in [-0.39, 0.29) is 12.4 Å². The molecule has 0 N–H and O–H groups in total. The van der Waals surface area contributed by atoms with E-state index < -0.39 is 0 Å². The molecule has 1 nitrogen and oxygen atoms in total. The monoisotopic (exact) mass is 205 g/mol. The first-order valence-corrected chi connectivity index (χ1v) is 5.05. The summed E-state index contributed by atoms with van der Waals surface area (Å²) in [5.41, 5.74) is 0. The van der Waals surface area contributed by atoms with Crippen molar-refractivity contribution in [3.63, 3.8) is 0 Å². The van der Waals surface area contributed by atoms with E-state index in [1.54, 1.807) is 0 Å². The highest BCUT2D eigenvalue weighted by Crippen LogP contribution is 2.03. The number of rotatable bonds is 6. The average molecular weight is 206 g/mol. The second-order valence-electron chi connectivity index (χ2n) is 4.35. The normalized spacial score (nSPS) is 11.7. The van der Waals surface area contributed by atoms with Crippen LogP contribution in [0.5, 0.6) is 0 Å². The van der Waals surface area contributed by atoms with Gasteiger partial charge in [0.1, 0.15) is 0 Å². The minimum absolute atomic E-state index is 0. The van der Waals surface area contributed by atoms with Gasteiger partial charge in [-0.2, -0.15) is 0 Å². The van der Waals surface area contributed by atoms with Crippen LogP contribution in [0.15, 0.2) is 12.3 Å². The zero-order chi connectivity index (χ0) is 9.45. The summed E-state index contributed by atoms with van der Waals surface area (Å²) < 4.78 is 0.938. The van der Waals surface area contributed by atoms with E-state index >= 15 is 0 Å². The molecule has 2 heteroatoms. The van der Waals surface area contributed by atoms with Gasteiger partial charge in [-0.25, -0.2) is 0 Å². The first kappa shape index (κ1) is 15.5. The molecule has 0 aliphatic rings. The summed E-state index contributed by atoms with van der Waals surface area (Å²) in [6.07, 6.45) is 11.3. The summed E-state index contributed by atoms with van der Waals surface area (Å²) in [5.74, 6) is 0. The molecule has 0 saturated carbocycles. The van der Waals surface area contributed by atoms with Crippen LogP contribution in [-0.4, -0.2) is 25.6 Å². The smallest absolute Gasteiger partial charge is 0.0911 e. The molecule has 13 heavy (non-hydrogen) atoms. The van der Waals surface area contributed by atoms with Crippen LogP contribution < -0.4 is 12.4 Å². The highest BCUT2D eigenvalue weighted by atomic mass is 35.5. The van der Waals surface area contributed by atoms with Crippen LogP contribution in [0.1, 0.15) is 39.0 Å². The molecule has 0 unspecified atom stereocenters. The lowest BCUT2D eigenvalue weighted by atomic mass is 10.1. The van der Waals surface area contributed by atoms with Gasteiger partial charge >= 0.3 is 0 Å². The minimum atomic E-state index is 0. The molecule has 0 amide bonds. The molecule has 0 saturated heterocycles. The second-order valence-corrected chi connectivity index (χ2v) is 4.35. The molecule has 0 rings (SSSR count). The Labute approximate surface area is 89.8 Å². The van der Waals surface area contributed by atoms with Crippen LogP contribution in [0.25, 0.3) is 0 Å². The first-order chi connectivity index (χ1) is 5.56. The molecule has 0 aromatic rings. The summed E-state index contributed by atoms with van der Waals surface area (Å²) in [4.78, 5) is 0. The Morgan fingerprint density at radius 2 is 1.62 bits per heavy atom. The topological polar surface area (TPSA) is 0 Å².